The number of hydrogen-bond acceptors (Lipinski definition) is 2. The van der Waals surface area contributed by atoms with Crippen LogP contribution >= 0.6 is 0 Å². The van der Waals surface area contributed by atoms with Crippen LogP contribution in [0.5, 0.6) is 0 Å². The summed E-state index contributed by atoms with van der Waals surface area (Å²) in [5, 5.41) is 0. The van der Waals surface area contributed by atoms with Crippen LogP contribution in [0.25, 0.3) is 0 Å². The molecule has 1 saturated heterocycles. The van der Waals surface area contributed by atoms with E-state index in [0.717, 1.165) is 26.2 Å². The lowest BCUT2D eigenvalue weighted by Gasteiger charge is -2.39. The first-order valence-electron chi connectivity index (χ1n) is 8.41. The second-order valence-corrected chi connectivity index (χ2v) is 5.99. The molecule has 0 aromatic heterocycles. The van der Waals surface area contributed by atoms with Crippen molar-refractivity contribution in [2.75, 3.05) is 26.2 Å². The lowest BCUT2D eigenvalue weighted by molar-refractivity contribution is -0.132. The second kappa shape index (κ2) is 8.65. The fourth-order valence-corrected chi connectivity index (χ4v) is 3.34. The van der Waals surface area contributed by atoms with Crippen molar-refractivity contribution in [1.82, 2.24) is 9.80 Å². The lowest BCUT2D eigenvalue weighted by Crippen LogP contribution is -2.49. The molecule has 0 N–H and O–H groups in total. The Morgan fingerprint density at radius 3 is 1.75 bits per heavy atom. The molecule has 1 amide bonds. The zero-order chi connectivity index (χ0) is 16.1. The summed E-state index contributed by atoms with van der Waals surface area (Å²) in [5.74, 6) is 0.264. The van der Waals surface area contributed by atoms with Crippen molar-refractivity contribution < 1.29 is 4.79 Å². The van der Waals surface area contributed by atoms with Gasteiger partial charge in [0.15, 0.2) is 0 Å². The molecule has 1 aliphatic heterocycles. The molecule has 1 heterocycles. The van der Waals surface area contributed by atoms with Gasteiger partial charge >= 0.3 is 0 Å². The van der Waals surface area contributed by atoms with E-state index in [0.29, 0.717) is 6.42 Å². The van der Waals surface area contributed by atoms with Gasteiger partial charge in [0, 0.05) is 32.6 Å². The summed E-state index contributed by atoms with van der Waals surface area (Å²) in [6.45, 7) is 5.41. The minimum Gasteiger partial charge on any atom is -0.340 e. The van der Waals surface area contributed by atoms with Crippen molar-refractivity contribution in [2.24, 2.45) is 0 Å². The quantitative estimate of drug-likeness (QED) is 0.850. The van der Waals surface area contributed by atoms with Gasteiger partial charge in [-0.2, -0.15) is 0 Å². The molecular weight excluding hydrogens is 296 g/mol. The van der Waals surface area contributed by atoms with Crippen molar-refractivity contribution in [3.05, 3.63) is 71.8 Å². The average Bonchev–Trinajstić information content (AvgIpc) is 2.64. The van der Waals surface area contributed by atoms with E-state index in [1.165, 1.54) is 11.1 Å². The zero-order valence-electron chi connectivity index (χ0n) is 13.7. The van der Waals surface area contributed by atoms with Gasteiger partial charge in [-0.1, -0.05) is 75.0 Å². The number of nitrogens with zero attached hydrogens (tertiary/aromatic N) is 2. The van der Waals surface area contributed by atoms with Crippen molar-refractivity contribution in [2.45, 2.75) is 26.8 Å². The highest BCUT2D eigenvalue weighted by Crippen LogP contribution is 2.29. The molecule has 1 fully saturated rings. The number of hydrogen-bond donors (Lipinski definition) is 0. The van der Waals surface area contributed by atoms with Gasteiger partial charge in [0.1, 0.15) is 0 Å². The van der Waals surface area contributed by atoms with Gasteiger partial charge < -0.3 is 4.90 Å². The fraction of sp³-hybridized carbons (Fsp3) is 0.381. The normalized spacial score (nSPS) is 15.2. The Morgan fingerprint density at radius 2 is 1.33 bits per heavy atom. The lowest BCUT2D eigenvalue weighted by atomic mass is 9.96. The van der Waals surface area contributed by atoms with Crippen LogP contribution < -0.4 is 0 Å². The monoisotopic (exact) mass is 324 g/mol. The smallest absolute Gasteiger partial charge is 0.222 e. The van der Waals surface area contributed by atoms with Crippen LogP contribution in [-0.2, 0) is 4.79 Å². The Bertz CT molecular complexity index is 579. The summed E-state index contributed by atoms with van der Waals surface area (Å²) < 4.78 is 0. The second-order valence-electron chi connectivity index (χ2n) is 5.99. The molecular formula is C21H28N2O. The van der Waals surface area contributed by atoms with Gasteiger partial charge in [-0.25, -0.2) is 0 Å². The van der Waals surface area contributed by atoms with E-state index in [2.05, 4.69) is 65.6 Å². The molecule has 24 heavy (non-hydrogen) atoms. The van der Waals surface area contributed by atoms with Gasteiger partial charge in [0.05, 0.1) is 6.04 Å². The first-order valence-corrected chi connectivity index (χ1v) is 8.41. The maximum Gasteiger partial charge on any atom is 0.222 e. The highest BCUT2D eigenvalue weighted by Gasteiger charge is 2.27. The number of carbonyl (C=O) groups excluding carboxylic acids is 1. The van der Waals surface area contributed by atoms with E-state index in [9.17, 15) is 4.79 Å². The van der Waals surface area contributed by atoms with Gasteiger partial charge in [-0.05, 0) is 11.1 Å². The van der Waals surface area contributed by atoms with E-state index in [1.807, 2.05) is 11.8 Å². The molecule has 0 spiro atoms. The van der Waals surface area contributed by atoms with Crippen LogP contribution in [-0.4, -0.2) is 41.9 Å². The SMILES string of the molecule is C.CCC(=O)N1CCN(C(c2ccccc2)c2ccccc2)CC1. The highest BCUT2D eigenvalue weighted by atomic mass is 16.2. The van der Waals surface area contributed by atoms with Crippen LogP contribution in [0.2, 0.25) is 0 Å². The van der Waals surface area contributed by atoms with E-state index >= 15 is 0 Å². The number of carbonyl (C=O) groups is 1. The van der Waals surface area contributed by atoms with E-state index < -0.39 is 0 Å². The average molecular weight is 324 g/mol. The minimum absolute atomic E-state index is 0. The first-order chi connectivity index (χ1) is 11.3. The predicted octanol–water partition coefficient (Wildman–Crippen LogP) is 3.97. The molecule has 0 atom stereocenters. The van der Waals surface area contributed by atoms with Crippen LogP contribution in [0.15, 0.2) is 60.7 Å². The summed E-state index contributed by atoms with van der Waals surface area (Å²) >= 11 is 0. The van der Waals surface area contributed by atoms with Crippen molar-refractivity contribution in [3.63, 3.8) is 0 Å². The third-order valence-electron chi connectivity index (χ3n) is 4.57. The van der Waals surface area contributed by atoms with Crippen LogP contribution in [0.1, 0.15) is 37.9 Å². The molecule has 2 aromatic carbocycles. The topological polar surface area (TPSA) is 23.6 Å². The maximum atomic E-state index is 11.9. The molecule has 3 heteroatoms. The van der Waals surface area contributed by atoms with Gasteiger partial charge in [0.2, 0.25) is 5.91 Å². The van der Waals surface area contributed by atoms with Crippen LogP contribution in [0, 0.1) is 0 Å². The standard InChI is InChI=1S/C20H24N2O.CH4/c1-2-19(23)21-13-15-22(16-14-21)20(17-9-5-3-6-10-17)18-11-7-4-8-12-18;/h3-12,20H,2,13-16H2,1H3;1H4. The molecule has 128 valence electrons. The van der Waals surface area contributed by atoms with Crippen molar-refractivity contribution in [1.29, 1.82) is 0 Å². The number of rotatable bonds is 4. The van der Waals surface area contributed by atoms with Crippen molar-refractivity contribution >= 4 is 5.91 Å². The third-order valence-corrected chi connectivity index (χ3v) is 4.57. The van der Waals surface area contributed by atoms with Crippen LogP contribution in [0.3, 0.4) is 0 Å². The molecule has 0 saturated carbocycles. The van der Waals surface area contributed by atoms with Gasteiger partial charge in [-0.15, -0.1) is 0 Å². The summed E-state index contributed by atoms with van der Waals surface area (Å²) in [4.78, 5) is 16.4. The van der Waals surface area contributed by atoms with Gasteiger partial charge in [0.25, 0.3) is 0 Å². The van der Waals surface area contributed by atoms with Crippen LogP contribution in [0.4, 0.5) is 0 Å². The highest BCUT2D eigenvalue weighted by molar-refractivity contribution is 5.75. The number of amides is 1. The predicted molar refractivity (Wildman–Crippen MR) is 99.9 cm³/mol. The molecule has 2 aromatic rings. The Labute approximate surface area is 145 Å². The van der Waals surface area contributed by atoms with E-state index in [1.54, 1.807) is 0 Å². The molecule has 0 aliphatic carbocycles. The zero-order valence-corrected chi connectivity index (χ0v) is 13.7. The summed E-state index contributed by atoms with van der Waals surface area (Å²) in [6, 6.07) is 21.6. The molecule has 0 unspecified atom stereocenters. The summed E-state index contributed by atoms with van der Waals surface area (Å²) in [5.41, 5.74) is 2.63. The van der Waals surface area contributed by atoms with E-state index in [4.69, 9.17) is 0 Å². The summed E-state index contributed by atoms with van der Waals surface area (Å²) in [6.07, 6.45) is 0.598. The van der Waals surface area contributed by atoms with E-state index in [-0.39, 0.29) is 19.4 Å². The molecule has 0 radical (unpaired) electrons. The van der Waals surface area contributed by atoms with Crippen molar-refractivity contribution in [3.8, 4) is 0 Å². The number of piperazine rings is 1. The van der Waals surface area contributed by atoms with Gasteiger partial charge in [-0.3, -0.25) is 9.69 Å². The Morgan fingerprint density at radius 1 is 0.875 bits per heavy atom. The Balaban J connectivity index is 0.00000208. The summed E-state index contributed by atoms with van der Waals surface area (Å²) in [7, 11) is 0. The molecule has 3 rings (SSSR count). The molecule has 3 nitrogen and oxygen atoms in total. The maximum absolute atomic E-state index is 11.9. The molecule has 0 bridgehead atoms. The minimum atomic E-state index is 0. The first kappa shape index (κ1) is 18.2. The Kier molecular flexibility index (Phi) is 6.56. The third kappa shape index (κ3) is 4.04. The largest absolute Gasteiger partial charge is 0.340 e. The molecule has 1 aliphatic rings. The number of benzene rings is 2. The Hall–Kier alpha value is -2.13. The fourth-order valence-electron chi connectivity index (χ4n) is 3.34.